The minimum Gasteiger partial charge on any atom is -0.396 e. The van der Waals surface area contributed by atoms with Crippen molar-refractivity contribution in [1.29, 1.82) is 0 Å². The molecule has 0 saturated carbocycles. The van der Waals surface area contributed by atoms with E-state index < -0.39 is 0 Å². The molecule has 0 fully saturated rings. The first-order valence-electron chi connectivity index (χ1n) is 12.8. The van der Waals surface area contributed by atoms with Crippen LogP contribution in [-0.2, 0) is 22.7 Å². The second kappa shape index (κ2) is 15.7. The topological polar surface area (TPSA) is 159 Å². The fourth-order valence-corrected chi connectivity index (χ4v) is 6.76. The molecule has 40 heavy (non-hydrogen) atoms. The lowest BCUT2D eigenvalue weighted by atomic mass is 10.2. The number of nitrogens with two attached hydrogens (primary N) is 2. The fourth-order valence-electron chi connectivity index (χ4n) is 3.92. The molecular formula is C28H40N6O4S2. The van der Waals surface area contributed by atoms with Crippen LogP contribution < -0.4 is 11.5 Å². The number of aliphatic hydroxyl groups is 2. The van der Waals surface area contributed by atoms with Crippen molar-refractivity contribution < 1.29 is 19.8 Å². The number of carbonyl (C=O) groups is 2. The van der Waals surface area contributed by atoms with Gasteiger partial charge in [0, 0.05) is 83.6 Å². The van der Waals surface area contributed by atoms with Gasteiger partial charge in [-0.05, 0) is 39.8 Å². The van der Waals surface area contributed by atoms with E-state index in [1.54, 1.807) is 9.80 Å². The van der Waals surface area contributed by atoms with Crippen molar-refractivity contribution in [3.05, 3.63) is 68.0 Å². The number of allylic oxidation sites excluding steroid dienone is 2. The van der Waals surface area contributed by atoms with E-state index in [0.717, 1.165) is 32.3 Å². The van der Waals surface area contributed by atoms with Crippen LogP contribution in [0, 0.1) is 13.8 Å². The molecule has 12 heteroatoms. The highest BCUT2D eigenvalue weighted by molar-refractivity contribution is 8.79. The third-order valence-corrected chi connectivity index (χ3v) is 9.20. The van der Waals surface area contributed by atoms with Crippen LogP contribution in [0.4, 0.5) is 11.6 Å². The summed E-state index contributed by atoms with van der Waals surface area (Å²) in [4.78, 5) is 38.7. The Labute approximate surface area is 244 Å². The molecule has 0 aliphatic heterocycles. The van der Waals surface area contributed by atoms with Gasteiger partial charge in [-0.1, -0.05) is 33.7 Å². The van der Waals surface area contributed by atoms with Crippen molar-refractivity contribution in [3.63, 3.8) is 0 Å². The van der Waals surface area contributed by atoms with E-state index in [0.29, 0.717) is 35.9 Å². The minimum atomic E-state index is -0.173. The average molecular weight is 589 g/mol. The predicted molar refractivity (Wildman–Crippen MR) is 163 cm³/mol. The van der Waals surface area contributed by atoms with Gasteiger partial charge in [-0.15, -0.1) is 0 Å². The smallest absolute Gasteiger partial charge is 0.223 e. The molecular weight excluding hydrogens is 548 g/mol. The van der Waals surface area contributed by atoms with E-state index in [-0.39, 0.29) is 38.1 Å². The number of anilines is 2. The number of hydrogen-bond acceptors (Lipinski definition) is 10. The average Bonchev–Trinajstić information content (AvgIpc) is 2.88. The molecule has 0 spiro atoms. The maximum atomic E-state index is 12.7. The Morgan fingerprint density at radius 1 is 0.725 bits per heavy atom. The Balaban J connectivity index is 2.40. The fraction of sp³-hybridized carbons (Fsp3) is 0.429. The summed E-state index contributed by atoms with van der Waals surface area (Å²) >= 11 is 0. The molecule has 0 atom stereocenters. The second-order valence-corrected chi connectivity index (χ2v) is 11.7. The van der Waals surface area contributed by atoms with Crippen molar-refractivity contribution in [1.82, 2.24) is 19.8 Å². The Morgan fingerprint density at radius 2 is 1.07 bits per heavy atom. The van der Waals surface area contributed by atoms with Crippen LogP contribution in [0.2, 0.25) is 0 Å². The molecule has 2 aromatic heterocycles. The SMILES string of the molecule is CC(=O)N(Cc1ccc(C)nc1N)C(C)=C(CCO)SS/C(CCO)=C(/C)N(Cc1ccc(C)nc1N)C(C)=O. The maximum absolute atomic E-state index is 12.7. The molecule has 2 rings (SSSR count). The van der Waals surface area contributed by atoms with Crippen molar-refractivity contribution in [3.8, 4) is 0 Å². The molecule has 2 heterocycles. The molecule has 2 amide bonds. The summed E-state index contributed by atoms with van der Waals surface area (Å²) in [5, 5.41) is 19.6. The molecule has 0 radical (unpaired) electrons. The van der Waals surface area contributed by atoms with Gasteiger partial charge in [-0.3, -0.25) is 9.59 Å². The Kier molecular flexibility index (Phi) is 13.0. The van der Waals surface area contributed by atoms with Crippen LogP contribution in [0.15, 0.2) is 45.5 Å². The lowest BCUT2D eigenvalue weighted by Gasteiger charge is -2.27. The van der Waals surface area contributed by atoms with Crippen molar-refractivity contribution >= 4 is 45.0 Å². The van der Waals surface area contributed by atoms with Crippen molar-refractivity contribution in [2.45, 2.75) is 67.5 Å². The van der Waals surface area contributed by atoms with E-state index in [1.807, 2.05) is 52.0 Å². The zero-order valence-electron chi connectivity index (χ0n) is 24.0. The van der Waals surface area contributed by atoms with E-state index >= 15 is 0 Å². The molecule has 218 valence electrons. The van der Waals surface area contributed by atoms with Crippen LogP contribution in [0.1, 0.15) is 63.1 Å². The van der Waals surface area contributed by atoms with Gasteiger partial charge < -0.3 is 31.5 Å². The van der Waals surface area contributed by atoms with E-state index in [2.05, 4.69) is 9.97 Å². The maximum Gasteiger partial charge on any atom is 0.223 e. The molecule has 0 aliphatic carbocycles. The van der Waals surface area contributed by atoms with Gasteiger partial charge in [0.05, 0.1) is 13.1 Å². The number of hydrogen-bond donors (Lipinski definition) is 4. The number of nitrogens with zero attached hydrogens (tertiary/aromatic N) is 4. The molecule has 6 N–H and O–H groups in total. The van der Waals surface area contributed by atoms with Crippen LogP contribution in [-0.4, -0.2) is 55.0 Å². The van der Waals surface area contributed by atoms with E-state index in [9.17, 15) is 19.8 Å². The van der Waals surface area contributed by atoms with Gasteiger partial charge in [0.25, 0.3) is 0 Å². The number of rotatable bonds is 13. The number of aliphatic hydroxyl groups excluding tert-OH is 2. The summed E-state index contributed by atoms with van der Waals surface area (Å²) in [5.41, 5.74) is 16.6. The highest BCUT2D eigenvalue weighted by Crippen LogP contribution is 2.43. The highest BCUT2D eigenvalue weighted by Gasteiger charge is 2.21. The minimum absolute atomic E-state index is 0.114. The standard InChI is InChI=1S/C28H40N6O4S2/c1-17-7-9-23(27(29)31-17)15-33(21(5)37)19(3)25(11-13-35)39-40-26(12-14-36)20(4)34(22(6)38)16-24-10-8-18(2)32-28(24)30/h7-10,35-36H,11-16H2,1-6H3,(H2,29,31)(H2,30,32)/b25-19-,26-20?. The van der Waals surface area contributed by atoms with Gasteiger partial charge in [-0.25, -0.2) is 9.97 Å². The molecule has 0 aliphatic rings. The molecule has 0 aromatic carbocycles. The summed E-state index contributed by atoms with van der Waals surface area (Å²) in [7, 11) is 2.77. The zero-order valence-corrected chi connectivity index (χ0v) is 25.7. The first-order valence-corrected chi connectivity index (χ1v) is 15.0. The first-order chi connectivity index (χ1) is 18.9. The van der Waals surface area contributed by atoms with Crippen LogP contribution in [0.25, 0.3) is 0 Å². The van der Waals surface area contributed by atoms with Crippen molar-refractivity contribution in [2.24, 2.45) is 0 Å². The van der Waals surface area contributed by atoms with E-state index in [1.165, 1.54) is 35.4 Å². The monoisotopic (exact) mass is 588 g/mol. The molecule has 0 saturated heterocycles. The number of carbonyl (C=O) groups excluding carboxylic acids is 2. The van der Waals surface area contributed by atoms with Crippen molar-refractivity contribution in [2.75, 3.05) is 24.7 Å². The normalized spacial score (nSPS) is 12.5. The largest absolute Gasteiger partial charge is 0.396 e. The molecule has 10 nitrogen and oxygen atoms in total. The number of amides is 2. The lowest BCUT2D eigenvalue weighted by Crippen LogP contribution is -2.28. The van der Waals surface area contributed by atoms with Crippen LogP contribution in [0.3, 0.4) is 0 Å². The lowest BCUT2D eigenvalue weighted by molar-refractivity contribution is -0.128. The number of aryl methyl sites for hydroxylation is 2. The van der Waals surface area contributed by atoms with Crippen LogP contribution in [0.5, 0.6) is 0 Å². The Morgan fingerprint density at radius 3 is 1.35 bits per heavy atom. The third kappa shape index (κ3) is 9.26. The summed E-state index contributed by atoms with van der Waals surface area (Å²) < 4.78 is 0. The van der Waals surface area contributed by atoms with Gasteiger partial charge in [0.2, 0.25) is 11.8 Å². The molecule has 0 bridgehead atoms. The summed E-state index contributed by atoms with van der Waals surface area (Å²) in [6.45, 7) is 10.6. The van der Waals surface area contributed by atoms with E-state index in [4.69, 9.17) is 11.5 Å². The zero-order chi connectivity index (χ0) is 30.0. The molecule has 0 unspecified atom stereocenters. The summed E-state index contributed by atoms with van der Waals surface area (Å²) in [6, 6.07) is 7.40. The quantitative estimate of drug-likeness (QED) is 0.249. The number of pyridine rings is 2. The van der Waals surface area contributed by atoms with Crippen LogP contribution >= 0.6 is 21.6 Å². The highest BCUT2D eigenvalue weighted by atomic mass is 33.1. The van der Waals surface area contributed by atoms with Gasteiger partial charge in [0.1, 0.15) is 11.6 Å². The third-order valence-electron chi connectivity index (χ3n) is 6.26. The summed E-state index contributed by atoms with van der Waals surface area (Å²) in [5.74, 6) is 0.380. The van der Waals surface area contributed by atoms with Gasteiger partial charge in [0.15, 0.2) is 0 Å². The number of aromatic nitrogens is 2. The Hall–Kier alpha value is -3.06. The Bertz CT molecular complexity index is 1180. The van der Waals surface area contributed by atoms with Gasteiger partial charge in [-0.2, -0.15) is 0 Å². The van der Waals surface area contributed by atoms with Gasteiger partial charge >= 0.3 is 0 Å². The first kappa shape index (κ1) is 33.1. The molecule has 2 aromatic rings. The number of nitrogen functional groups attached to an aromatic ring is 2. The second-order valence-electron chi connectivity index (χ2n) is 9.34. The predicted octanol–water partition coefficient (Wildman–Crippen LogP) is 4.26. The summed E-state index contributed by atoms with van der Waals surface area (Å²) in [6.07, 6.45) is 0.644.